The first-order valence-corrected chi connectivity index (χ1v) is 11.6. The first-order chi connectivity index (χ1) is 16.5. The summed E-state index contributed by atoms with van der Waals surface area (Å²) in [7, 11) is 3.11. The Kier molecular flexibility index (Phi) is 7.18. The van der Waals surface area contributed by atoms with Crippen molar-refractivity contribution in [3.05, 3.63) is 82.6 Å². The van der Waals surface area contributed by atoms with Gasteiger partial charge in [0.2, 0.25) is 0 Å². The Morgan fingerprint density at radius 3 is 2.44 bits per heavy atom. The Labute approximate surface area is 201 Å². The second-order valence-electron chi connectivity index (χ2n) is 7.34. The van der Waals surface area contributed by atoms with Crippen LogP contribution in [-0.2, 0) is 0 Å². The van der Waals surface area contributed by atoms with Gasteiger partial charge in [0.25, 0.3) is 5.56 Å². The van der Waals surface area contributed by atoms with Gasteiger partial charge >= 0.3 is 0 Å². The molecule has 0 aliphatic heterocycles. The zero-order chi connectivity index (χ0) is 24.1. The third-order valence-corrected chi connectivity index (χ3v) is 6.11. The van der Waals surface area contributed by atoms with Crippen molar-refractivity contribution in [2.75, 3.05) is 26.6 Å². The lowest BCUT2D eigenvalue weighted by Crippen LogP contribution is -2.22. The molecule has 0 N–H and O–H groups in total. The fourth-order valence-electron chi connectivity index (χ4n) is 3.57. The molecular weight excluding hydrogens is 452 g/mol. The maximum absolute atomic E-state index is 13.4. The summed E-state index contributed by atoms with van der Waals surface area (Å²) in [5.74, 6) is 2.09. The van der Waals surface area contributed by atoms with Gasteiger partial charge in [-0.1, -0.05) is 36.0 Å². The highest BCUT2D eigenvalue weighted by Crippen LogP contribution is 2.30. The number of ketones is 1. The highest BCUT2D eigenvalue weighted by molar-refractivity contribution is 7.99. The van der Waals surface area contributed by atoms with Crippen LogP contribution in [0.1, 0.15) is 17.3 Å². The van der Waals surface area contributed by atoms with Crippen molar-refractivity contribution in [2.24, 2.45) is 0 Å². The van der Waals surface area contributed by atoms with E-state index in [1.807, 2.05) is 24.3 Å². The number of methoxy groups -OCH3 is 2. The first-order valence-electron chi connectivity index (χ1n) is 10.6. The predicted octanol–water partition coefficient (Wildman–Crippen LogP) is 4.78. The number of hydrogen-bond donors (Lipinski definition) is 0. The SMILES string of the molecule is COc1ccc(-n2c(SCCOc3ccccc3C(C)=O)nc3ccccc3c2=O)cc1OC. The van der Waals surface area contributed by atoms with Gasteiger partial charge in [0.15, 0.2) is 22.4 Å². The lowest BCUT2D eigenvalue weighted by Gasteiger charge is -2.15. The average Bonchev–Trinajstić information content (AvgIpc) is 2.86. The predicted molar refractivity (Wildman–Crippen MR) is 133 cm³/mol. The van der Waals surface area contributed by atoms with Crippen LogP contribution in [-0.4, -0.2) is 41.9 Å². The number of carbonyl (C=O) groups excluding carboxylic acids is 1. The van der Waals surface area contributed by atoms with E-state index >= 15 is 0 Å². The van der Waals surface area contributed by atoms with Crippen LogP contribution in [0.2, 0.25) is 0 Å². The van der Waals surface area contributed by atoms with Crippen molar-refractivity contribution in [1.29, 1.82) is 0 Å². The summed E-state index contributed by atoms with van der Waals surface area (Å²) in [6, 6.07) is 19.7. The minimum atomic E-state index is -0.178. The Morgan fingerprint density at radius 1 is 0.941 bits per heavy atom. The Balaban J connectivity index is 1.66. The Bertz CT molecular complexity index is 1400. The summed E-state index contributed by atoms with van der Waals surface area (Å²) < 4.78 is 18.2. The molecule has 0 fully saturated rings. The number of para-hydroxylation sites is 2. The molecule has 4 rings (SSSR count). The Hall–Kier alpha value is -3.78. The van der Waals surface area contributed by atoms with Gasteiger partial charge in [0.1, 0.15) is 5.75 Å². The summed E-state index contributed by atoms with van der Waals surface area (Å²) >= 11 is 1.40. The summed E-state index contributed by atoms with van der Waals surface area (Å²) in [6.45, 7) is 1.85. The van der Waals surface area contributed by atoms with Crippen molar-refractivity contribution < 1.29 is 19.0 Å². The van der Waals surface area contributed by atoms with Crippen LogP contribution in [0.4, 0.5) is 0 Å². The van der Waals surface area contributed by atoms with Gasteiger partial charge in [0, 0.05) is 11.8 Å². The van der Waals surface area contributed by atoms with E-state index in [-0.39, 0.29) is 11.3 Å². The molecule has 0 radical (unpaired) electrons. The zero-order valence-corrected chi connectivity index (χ0v) is 19.9. The number of Topliss-reactive ketones (excluding diaryl/α,β-unsaturated/α-hetero) is 1. The smallest absolute Gasteiger partial charge is 0.266 e. The van der Waals surface area contributed by atoms with Crippen LogP contribution in [0, 0.1) is 0 Å². The van der Waals surface area contributed by atoms with Crippen LogP contribution < -0.4 is 19.8 Å². The monoisotopic (exact) mass is 476 g/mol. The Morgan fingerprint density at radius 2 is 1.68 bits per heavy atom. The summed E-state index contributed by atoms with van der Waals surface area (Å²) in [4.78, 5) is 30.0. The van der Waals surface area contributed by atoms with Gasteiger partial charge in [-0.15, -0.1) is 0 Å². The van der Waals surface area contributed by atoms with E-state index in [0.717, 1.165) is 0 Å². The van der Waals surface area contributed by atoms with Crippen LogP contribution in [0.25, 0.3) is 16.6 Å². The molecule has 1 aromatic heterocycles. The molecule has 0 amide bonds. The molecule has 0 bridgehead atoms. The average molecular weight is 477 g/mol. The quantitative estimate of drug-likeness (QED) is 0.149. The minimum Gasteiger partial charge on any atom is -0.493 e. The highest BCUT2D eigenvalue weighted by Gasteiger charge is 2.16. The summed E-state index contributed by atoms with van der Waals surface area (Å²) in [6.07, 6.45) is 0. The molecule has 0 aliphatic carbocycles. The number of carbonyl (C=O) groups is 1. The van der Waals surface area contributed by atoms with Gasteiger partial charge < -0.3 is 14.2 Å². The van der Waals surface area contributed by atoms with Crippen molar-refractivity contribution in [1.82, 2.24) is 9.55 Å². The number of ether oxygens (including phenoxy) is 3. The number of benzene rings is 3. The zero-order valence-electron chi connectivity index (χ0n) is 19.1. The standard InChI is InChI=1S/C26H24N2O5S/c1-17(29)19-8-5-7-11-22(19)33-14-15-34-26-27-21-10-6-4-9-20(21)25(30)28(26)18-12-13-23(31-2)24(16-18)32-3/h4-13,16H,14-15H2,1-3H3. The lowest BCUT2D eigenvalue weighted by molar-refractivity contribution is 0.101. The third-order valence-electron chi connectivity index (χ3n) is 5.21. The largest absolute Gasteiger partial charge is 0.493 e. The highest BCUT2D eigenvalue weighted by atomic mass is 32.2. The molecule has 1 heterocycles. The summed E-state index contributed by atoms with van der Waals surface area (Å²) in [5.41, 5.74) is 1.60. The number of thioether (sulfide) groups is 1. The number of fused-ring (bicyclic) bond motifs is 1. The van der Waals surface area contributed by atoms with Gasteiger partial charge in [0.05, 0.1) is 43.0 Å². The minimum absolute atomic E-state index is 0.0539. The molecule has 8 heteroatoms. The topological polar surface area (TPSA) is 79.7 Å². The lowest BCUT2D eigenvalue weighted by atomic mass is 10.1. The van der Waals surface area contributed by atoms with Crippen molar-refractivity contribution in [2.45, 2.75) is 12.1 Å². The fourth-order valence-corrected chi connectivity index (χ4v) is 4.40. The van der Waals surface area contributed by atoms with Gasteiger partial charge in [-0.3, -0.25) is 14.2 Å². The maximum atomic E-state index is 13.4. The molecule has 0 unspecified atom stereocenters. The van der Waals surface area contributed by atoms with Crippen LogP contribution in [0.15, 0.2) is 76.7 Å². The molecule has 34 heavy (non-hydrogen) atoms. The third kappa shape index (κ3) is 4.77. The molecule has 0 saturated carbocycles. The second kappa shape index (κ2) is 10.4. The van der Waals surface area contributed by atoms with Crippen LogP contribution in [0.5, 0.6) is 17.2 Å². The van der Waals surface area contributed by atoms with Crippen molar-refractivity contribution in [3.8, 4) is 22.9 Å². The van der Waals surface area contributed by atoms with Crippen molar-refractivity contribution in [3.63, 3.8) is 0 Å². The van der Waals surface area contributed by atoms with Crippen LogP contribution >= 0.6 is 11.8 Å². The molecule has 4 aromatic rings. The van der Waals surface area contributed by atoms with Gasteiger partial charge in [-0.25, -0.2) is 4.98 Å². The fraction of sp³-hybridized carbons (Fsp3) is 0.192. The second-order valence-corrected chi connectivity index (χ2v) is 8.40. The van der Waals surface area contributed by atoms with E-state index in [4.69, 9.17) is 19.2 Å². The molecule has 7 nitrogen and oxygen atoms in total. The number of aromatic nitrogens is 2. The van der Waals surface area contributed by atoms with Crippen molar-refractivity contribution >= 4 is 28.4 Å². The van der Waals surface area contributed by atoms with E-state index in [2.05, 4.69) is 0 Å². The molecule has 0 saturated heterocycles. The number of hydrogen-bond acceptors (Lipinski definition) is 7. The molecule has 174 valence electrons. The molecular formula is C26H24N2O5S. The molecule has 3 aromatic carbocycles. The van der Waals surface area contributed by atoms with E-state index in [0.29, 0.717) is 56.9 Å². The first kappa shape index (κ1) is 23.4. The normalized spacial score (nSPS) is 10.8. The van der Waals surface area contributed by atoms with Gasteiger partial charge in [-0.2, -0.15) is 0 Å². The molecule has 0 atom stereocenters. The number of nitrogens with zero attached hydrogens (tertiary/aromatic N) is 2. The molecule has 0 spiro atoms. The van der Waals surface area contributed by atoms with Crippen LogP contribution in [0.3, 0.4) is 0 Å². The van der Waals surface area contributed by atoms with E-state index in [1.165, 1.54) is 18.7 Å². The van der Waals surface area contributed by atoms with E-state index < -0.39 is 0 Å². The van der Waals surface area contributed by atoms with Gasteiger partial charge in [-0.05, 0) is 43.3 Å². The molecule has 0 aliphatic rings. The maximum Gasteiger partial charge on any atom is 0.266 e. The number of rotatable bonds is 9. The summed E-state index contributed by atoms with van der Waals surface area (Å²) in [5, 5.41) is 1.05. The van der Waals surface area contributed by atoms with E-state index in [9.17, 15) is 9.59 Å². The van der Waals surface area contributed by atoms with E-state index in [1.54, 1.807) is 61.3 Å².